The van der Waals surface area contributed by atoms with Gasteiger partial charge >= 0.3 is 0 Å². The van der Waals surface area contributed by atoms with Crippen molar-refractivity contribution >= 4 is 17.2 Å². The zero-order valence-electron chi connectivity index (χ0n) is 9.21. The SMILES string of the molecule is O=C(NCC1CNC1)c1cc2c(s1)CCC2. The standard InChI is InChI=1S/C12H16N2OS/c15-12(14-7-8-5-13-6-8)11-4-9-2-1-3-10(9)16-11/h4,8,13H,1-3,5-7H2,(H,14,15). The first-order valence-electron chi connectivity index (χ1n) is 5.93. The number of hydrogen-bond donors (Lipinski definition) is 2. The van der Waals surface area contributed by atoms with Gasteiger partial charge in [0.15, 0.2) is 0 Å². The van der Waals surface area contributed by atoms with Gasteiger partial charge in [-0.3, -0.25) is 4.79 Å². The van der Waals surface area contributed by atoms with E-state index in [0.29, 0.717) is 5.92 Å². The van der Waals surface area contributed by atoms with Crippen molar-refractivity contribution in [2.24, 2.45) is 5.92 Å². The van der Waals surface area contributed by atoms with E-state index in [4.69, 9.17) is 0 Å². The van der Waals surface area contributed by atoms with Gasteiger partial charge in [-0.1, -0.05) is 0 Å². The lowest BCUT2D eigenvalue weighted by molar-refractivity contribution is 0.0946. The fraction of sp³-hybridized carbons (Fsp3) is 0.583. The fourth-order valence-corrected chi connectivity index (χ4v) is 3.43. The molecule has 0 atom stereocenters. The summed E-state index contributed by atoms with van der Waals surface area (Å²) in [5.41, 5.74) is 1.40. The second kappa shape index (κ2) is 4.18. The lowest BCUT2D eigenvalue weighted by atomic mass is 10.0. The molecule has 1 aliphatic heterocycles. The van der Waals surface area contributed by atoms with Crippen molar-refractivity contribution in [3.8, 4) is 0 Å². The first-order chi connectivity index (χ1) is 7.83. The van der Waals surface area contributed by atoms with E-state index in [1.165, 1.54) is 23.3 Å². The molecule has 0 spiro atoms. The molecule has 1 aliphatic carbocycles. The van der Waals surface area contributed by atoms with E-state index in [2.05, 4.69) is 16.7 Å². The monoisotopic (exact) mass is 236 g/mol. The minimum Gasteiger partial charge on any atom is -0.351 e. The number of carbonyl (C=O) groups is 1. The fourth-order valence-electron chi connectivity index (χ4n) is 2.26. The molecule has 1 aromatic heterocycles. The van der Waals surface area contributed by atoms with E-state index in [0.717, 1.165) is 30.9 Å². The molecule has 0 saturated carbocycles. The highest BCUT2D eigenvalue weighted by Gasteiger charge is 2.20. The molecule has 1 fully saturated rings. The number of aryl methyl sites for hydroxylation is 2. The number of thiophene rings is 1. The summed E-state index contributed by atoms with van der Waals surface area (Å²) in [5.74, 6) is 0.752. The third kappa shape index (κ3) is 1.87. The average Bonchev–Trinajstić information content (AvgIpc) is 2.73. The van der Waals surface area contributed by atoms with Gasteiger partial charge in [0.05, 0.1) is 4.88 Å². The van der Waals surface area contributed by atoms with E-state index in [-0.39, 0.29) is 5.91 Å². The largest absolute Gasteiger partial charge is 0.351 e. The van der Waals surface area contributed by atoms with Crippen molar-refractivity contribution in [3.05, 3.63) is 21.4 Å². The van der Waals surface area contributed by atoms with Gasteiger partial charge in [0.2, 0.25) is 0 Å². The minimum absolute atomic E-state index is 0.117. The molecule has 4 heteroatoms. The summed E-state index contributed by atoms with van der Waals surface area (Å²) in [6, 6.07) is 2.08. The molecule has 0 bridgehead atoms. The van der Waals surface area contributed by atoms with Gasteiger partial charge in [-0.15, -0.1) is 11.3 Å². The molecule has 0 aromatic carbocycles. The molecule has 86 valence electrons. The highest BCUT2D eigenvalue weighted by molar-refractivity contribution is 7.14. The molecule has 3 rings (SSSR count). The Balaban J connectivity index is 1.60. The van der Waals surface area contributed by atoms with Crippen LogP contribution in [0.2, 0.25) is 0 Å². The molecule has 3 nitrogen and oxygen atoms in total. The van der Waals surface area contributed by atoms with E-state index in [9.17, 15) is 4.79 Å². The zero-order chi connectivity index (χ0) is 11.0. The van der Waals surface area contributed by atoms with E-state index in [1.54, 1.807) is 11.3 Å². The van der Waals surface area contributed by atoms with Crippen LogP contribution in [0.1, 0.15) is 26.5 Å². The van der Waals surface area contributed by atoms with Crippen LogP contribution in [0.15, 0.2) is 6.07 Å². The Morgan fingerprint density at radius 1 is 1.50 bits per heavy atom. The van der Waals surface area contributed by atoms with E-state index < -0.39 is 0 Å². The third-order valence-electron chi connectivity index (χ3n) is 3.39. The summed E-state index contributed by atoms with van der Waals surface area (Å²) in [6.07, 6.45) is 3.59. The third-order valence-corrected chi connectivity index (χ3v) is 4.62. The van der Waals surface area contributed by atoms with Crippen LogP contribution in [0.5, 0.6) is 0 Å². The second-order valence-corrected chi connectivity index (χ2v) is 5.78. The number of nitrogens with one attached hydrogen (secondary N) is 2. The molecule has 2 N–H and O–H groups in total. The summed E-state index contributed by atoms with van der Waals surface area (Å²) in [7, 11) is 0. The van der Waals surface area contributed by atoms with Gasteiger partial charge in [-0.05, 0) is 30.9 Å². The van der Waals surface area contributed by atoms with Crippen LogP contribution in [0, 0.1) is 5.92 Å². The van der Waals surface area contributed by atoms with Gasteiger partial charge < -0.3 is 10.6 Å². The predicted molar refractivity (Wildman–Crippen MR) is 65.0 cm³/mol. The van der Waals surface area contributed by atoms with Crippen LogP contribution < -0.4 is 10.6 Å². The minimum atomic E-state index is 0.117. The average molecular weight is 236 g/mol. The Kier molecular flexibility index (Phi) is 2.69. The van der Waals surface area contributed by atoms with Crippen LogP contribution in [-0.4, -0.2) is 25.5 Å². The molecule has 2 aliphatic rings. The van der Waals surface area contributed by atoms with Crippen LogP contribution in [0.4, 0.5) is 0 Å². The molecule has 1 aromatic rings. The van der Waals surface area contributed by atoms with Crippen molar-refractivity contribution in [1.82, 2.24) is 10.6 Å². The number of fused-ring (bicyclic) bond motifs is 1. The van der Waals surface area contributed by atoms with Gasteiger partial charge in [-0.25, -0.2) is 0 Å². The Bertz CT molecular complexity index is 388. The molecule has 16 heavy (non-hydrogen) atoms. The maximum atomic E-state index is 11.9. The Morgan fingerprint density at radius 3 is 3.06 bits per heavy atom. The van der Waals surface area contributed by atoms with Crippen molar-refractivity contribution in [1.29, 1.82) is 0 Å². The van der Waals surface area contributed by atoms with E-state index in [1.807, 2.05) is 0 Å². The molecular formula is C12H16N2OS. The summed E-state index contributed by atoms with van der Waals surface area (Å²) in [5, 5.41) is 6.23. The first kappa shape index (κ1) is 10.3. The van der Waals surface area contributed by atoms with Gasteiger partial charge in [0.1, 0.15) is 0 Å². The number of carbonyl (C=O) groups excluding carboxylic acids is 1. The van der Waals surface area contributed by atoms with Crippen LogP contribution in [0.25, 0.3) is 0 Å². The van der Waals surface area contributed by atoms with Crippen molar-refractivity contribution < 1.29 is 4.79 Å². The smallest absolute Gasteiger partial charge is 0.261 e. The van der Waals surface area contributed by atoms with Crippen LogP contribution in [-0.2, 0) is 12.8 Å². The Labute approximate surface area is 99.2 Å². The molecule has 0 radical (unpaired) electrons. The summed E-state index contributed by atoms with van der Waals surface area (Å²) in [4.78, 5) is 14.2. The molecule has 2 heterocycles. The summed E-state index contributed by atoms with van der Waals surface area (Å²) in [6.45, 7) is 2.90. The Hall–Kier alpha value is -0.870. The maximum absolute atomic E-state index is 11.9. The molecule has 0 unspecified atom stereocenters. The first-order valence-corrected chi connectivity index (χ1v) is 6.75. The number of hydrogen-bond acceptors (Lipinski definition) is 3. The molecule has 1 amide bonds. The lowest BCUT2D eigenvalue weighted by Crippen LogP contribution is -2.48. The second-order valence-electron chi connectivity index (χ2n) is 4.65. The quantitative estimate of drug-likeness (QED) is 0.827. The van der Waals surface area contributed by atoms with E-state index >= 15 is 0 Å². The molecule has 1 saturated heterocycles. The van der Waals surface area contributed by atoms with Gasteiger partial charge in [-0.2, -0.15) is 0 Å². The van der Waals surface area contributed by atoms with Crippen molar-refractivity contribution in [2.45, 2.75) is 19.3 Å². The predicted octanol–water partition coefficient (Wildman–Crippen LogP) is 1.19. The normalized spacial score (nSPS) is 19.2. The van der Waals surface area contributed by atoms with Gasteiger partial charge in [0, 0.05) is 30.4 Å². The summed E-state index contributed by atoms with van der Waals surface area (Å²) >= 11 is 1.68. The number of rotatable bonds is 3. The van der Waals surface area contributed by atoms with Crippen LogP contribution in [0.3, 0.4) is 0 Å². The maximum Gasteiger partial charge on any atom is 0.261 e. The highest BCUT2D eigenvalue weighted by Crippen LogP contribution is 2.30. The summed E-state index contributed by atoms with van der Waals surface area (Å²) < 4.78 is 0. The lowest BCUT2D eigenvalue weighted by Gasteiger charge is -2.26. The van der Waals surface area contributed by atoms with Crippen molar-refractivity contribution in [2.75, 3.05) is 19.6 Å². The highest BCUT2D eigenvalue weighted by atomic mass is 32.1. The Morgan fingerprint density at radius 2 is 2.38 bits per heavy atom. The van der Waals surface area contributed by atoms with Crippen molar-refractivity contribution in [3.63, 3.8) is 0 Å². The topological polar surface area (TPSA) is 41.1 Å². The van der Waals surface area contributed by atoms with Gasteiger partial charge in [0.25, 0.3) is 5.91 Å². The number of amides is 1. The van der Waals surface area contributed by atoms with Crippen LogP contribution >= 0.6 is 11.3 Å². The molecular weight excluding hydrogens is 220 g/mol. The zero-order valence-corrected chi connectivity index (χ0v) is 10.0.